The summed E-state index contributed by atoms with van der Waals surface area (Å²) < 4.78 is 27.5. The number of nitrogens with zero attached hydrogens (tertiary/aromatic N) is 2. The minimum Gasteiger partial charge on any atom is -0.361 e. The molecule has 0 unspecified atom stereocenters. The van der Waals surface area contributed by atoms with Crippen LogP contribution in [-0.4, -0.2) is 45.1 Å². The first-order valence-electron chi connectivity index (χ1n) is 7.49. The highest BCUT2D eigenvalue weighted by atomic mass is 127. The third-order valence-electron chi connectivity index (χ3n) is 3.25. The SMILES string of the molecule is CCc1noc(CC)c1CNC(=NC)NCCCS(C)(=O)=O.I. The van der Waals surface area contributed by atoms with E-state index in [-0.39, 0.29) is 29.7 Å². The zero-order valence-corrected chi connectivity index (χ0v) is 17.3. The molecule has 0 bridgehead atoms. The number of guanidine groups is 1. The van der Waals surface area contributed by atoms with E-state index in [0.29, 0.717) is 25.5 Å². The Balaban J connectivity index is 0.00000484. The number of nitrogens with one attached hydrogen (secondary N) is 2. The van der Waals surface area contributed by atoms with Crippen molar-refractivity contribution in [1.82, 2.24) is 15.8 Å². The second kappa shape index (κ2) is 10.8. The van der Waals surface area contributed by atoms with Gasteiger partial charge < -0.3 is 15.2 Å². The van der Waals surface area contributed by atoms with E-state index >= 15 is 0 Å². The number of sulfone groups is 1. The van der Waals surface area contributed by atoms with E-state index < -0.39 is 9.84 Å². The Labute approximate surface area is 155 Å². The van der Waals surface area contributed by atoms with E-state index in [1.807, 2.05) is 13.8 Å². The lowest BCUT2D eigenvalue weighted by Gasteiger charge is -2.12. The second-order valence-corrected chi connectivity index (χ2v) is 7.33. The molecule has 1 aromatic heterocycles. The van der Waals surface area contributed by atoms with Crippen molar-refractivity contribution in [3.05, 3.63) is 17.0 Å². The van der Waals surface area contributed by atoms with Crippen molar-refractivity contribution in [2.45, 2.75) is 39.7 Å². The lowest BCUT2D eigenvalue weighted by molar-refractivity contribution is 0.380. The van der Waals surface area contributed by atoms with Crippen LogP contribution in [0, 0.1) is 0 Å². The van der Waals surface area contributed by atoms with Crippen LogP contribution in [-0.2, 0) is 29.2 Å². The smallest absolute Gasteiger partial charge is 0.191 e. The molecule has 0 spiro atoms. The Morgan fingerprint density at radius 1 is 1.26 bits per heavy atom. The van der Waals surface area contributed by atoms with Crippen molar-refractivity contribution in [3.63, 3.8) is 0 Å². The molecule has 2 N–H and O–H groups in total. The van der Waals surface area contributed by atoms with Gasteiger partial charge in [-0.1, -0.05) is 19.0 Å². The van der Waals surface area contributed by atoms with Crippen LogP contribution in [0.25, 0.3) is 0 Å². The Kier molecular flexibility index (Phi) is 10.4. The average molecular weight is 458 g/mol. The number of aryl methyl sites for hydroxylation is 2. The topological polar surface area (TPSA) is 96.6 Å². The first-order valence-corrected chi connectivity index (χ1v) is 9.55. The molecule has 1 heterocycles. The van der Waals surface area contributed by atoms with E-state index in [4.69, 9.17) is 4.52 Å². The highest BCUT2D eigenvalue weighted by Crippen LogP contribution is 2.15. The van der Waals surface area contributed by atoms with Crippen LogP contribution in [0.1, 0.15) is 37.3 Å². The molecule has 0 amide bonds. The number of aliphatic imine (C=N–C) groups is 1. The zero-order valence-electron chi connectivity index (χ0n) is 14.2. The summed E-state index contributed by atoms with van der Waals surface area (Å²) in [5.74, 6) is 1.69. The van der Waals surface area contributed by atoms with Crippen LogP contribution >= 0.6 is 24.0 Å². The fourth-order valence-corrected chi connectivity index (χ4v) is 2.74. The van der Waals surface area contributed by atoms with Crippen molar-refractivity contribution >= 4 is 39.8 Å². The lowest BCUT2D eigenvalue weighted by Crippen LogP contribution is -2.38. The van der Waals surface area contributed by atoms with Crippen LogP contribution in [0.2, 0.25) is 0 Å². The number of rotatable bonds is 8. The first kappa shape index (κ1) is 22.2. The van der Waals surface area contributed by atoms with E-state index in [1.165, 1.54) is 6.26 Å². The fourth-order valence-electron chi connectivity index (χ4n) is 2.07. The average Bonchev–Trinajstić information content (AvgIpc) is 2.87. The number of hydrogen-bond acceptors (Lipinski definition) is 5. The predicted molar refractivity (Wildman–Crippen MR) is 103 cm³/mol. The van der Waals surface area contributed by atoms with E-state index in [0.717, 1.165) is 29.9 Å². The molecule has 0 aliphatic rings. The maximum absolute atomic E-state index is 11.1. The molecular formula is C14H27IN4O3S. The minimum atomic E-state index is -2.92. The summed E-state index contributed by atoms with van der Waals surface area (Å²) >= 11 is 0. The normalized spacial score (nSPS) is 11.9. The molecule has 23 heavy (non-hydrogen) atoms. The van der Waals surface area contributed by atoms with Crippen LogP contribution < -0.4 is 10.6 Å². The molecule has 1 aromatic rings. The van der Waals surface area contributed by atoms with E-state index in [2.05, 4.69) is 20.8 Å². The van der Waals surface area contributed by atoms with Crippen molar-refractivity contribution in [3.8, 4) is 0 Å². The summed E-state index contributed by atoms with van der Waals surface area (Å²) in [7, 11) is -1.23. The summed E-state index contributed by atoms with van der Waals surface area (Å²) in [5.41, 5.74) is 2.03. The van der Waals surface area contributed by atoms with Crippen LogP contribution in [0.3, 0.4) is 0 Å². The van der Waals surface area contributed by atoms with Crippen molar-refractivity contribution < 1.29 is 12.9 Å². The third-order valence-corrected chi connectivity index (χ3v) is 4.28. The number of aromatic nitrogens is 1. The van der Waals surface area contributed by atoms with Gasteiger partial charge in [-0.05, 0) is 12.8 Å². The summed E-state index contributed by atoms with van der Waals surface area (Å²) in [6.07, 6.45) is 3.41. The fraction of sp³-hybridized carbons (Fsp3) is 0.714. The van der Waals surface area contributed by atoms with Crippen molar-refractivity contribution in [2.24, 2.45) is 4.99 Å². The number of halogens is 1. The molecule has 134 valence electrons. The molecule has 0 saturated carbocycles. The van der Waals surface area contributed by atoms with Gasteiger partial charge in [0.1, 0.15) is 15.6 Å². The summed E-state index contributed by atoms with van der Waals surface area (Å²) in [5, 5.41) is 10.4. The summed E-state index contributed by atoms with van der Waals surface area (Å²) in [6, 6.07) is 0. The Morgan fingerprint density at radius 3 is 2.48 bits per heavy atom. The van der Waals surface area contributed by atoms with Gasteiger partial charge in [0.25, 0.3) is 0 Å². The Hall–Kier alpha value is -0.840. The zero-order chi connectivity index (χ0) is 16.6. The van der Waals surface area contributed by atoms with Gasteiger partial charge in [-0.3, -0.25) is 4.99 Å². The molecule has 0 aliphatic heterocycles. The molecule has 0 atom stereocenters. The maximum Gasteiger partial charge on any atom is 0.191 e. The quantitative estimate of drug-likeness (QED) is 0.266. The van der Waals surface area contributed by atoms with Crippen LogP contribution in [0.4, 0.5) is 0 Å². The van der Waals surface area contributed by atoms with Crippen LogP contribution in [0.5, 0.6) is 0 Å². The van der Waals surface area contributed by atoms with E-state index in [9.17, 15) is 8.42 Å². The molecule has 0 aliphatic carbocycles. The van der Waals surface area contributed by atoms with Gasteiger partial charge in [-0.15, -0.1) is 24.0 Å². The Bertz CT molecular complexity index is 578. The number of hydrogen-bond donors (Lipinski definition) is 2. The van der Waals surface area contributed by atoms with Crippen LogP contribution in [0.15, 0.2) is 9.52 Å². The van der Waals surface area contributed by atoms with Gasteiger partial charge >= 0.3 is 0 Å². The second-order valence-electron chi connectivity index (χ2n) is 5.07. The molecule has 7 nitrogen and oxygen atoms in total. The molecule has 0 fully saturated rings. The summed E-state index contributed by atoms with van der Waals surface area (Å²) in [4.78, 5) is 4.13. The third kappa shape index (κ3) is 8.00. The highest BCUT2D eigenvalue weighted by Gasteiger charge is 2.13. The van der Waals surface area contributed by atoms with Gasteiger partial charge in [-0.25, -0.2) is 8.42 Å². The summed E-state index contributed by atoms with van der Waals surface area (Å²) in [6.45, 7) is 5.21. The lowest BCUT2D eigenvalue weighted by atomic mass is 10.1. The van der Waals surface area contributed by atoms with Crippen molar-refractivity contribution in [2.75, 3.05) is 25.6 Å². The van der Waals surface area contributed by atoms with Gasteiger partial charge in [0.15, 0.2) is 5.96 Å². The van der Waals surface area contributed by atoms with Gasteiger partial charge in [0, 0.05) is 38.4 Å². The standard InChI is InChI=1S/C14H26N4O3S.HI/c1-5-12-11(13(6-2)21-18-12)10-17-14(15-3)16-8-7-9-22(4,19)20;/h5-10H2,1-4H3,(H2,15,16,17);1H. The highest BCUT2D eigenvalue weighted by molar-refractivity contribution is 14.0. The molecule has 0 saturated heterocycles. The van der Waals surface area contributed by atoms with Gasteiger partial charge in [0.05, 0.1) is 11.4 Å². The monoisotopic (exact) mass is 458 g/mol. The van der Waals surface area contributed by atoms with E-state index in [1.54, 1.807) is 7.05 Å². The predicted octanol–water partition coefficient (Wildman–Crippen LogP) is 1.52. The van der Waals surface area contributed by atoms with Gasteiger partial charge in [-0.2, -0.15) is 0 Å². The maximum atomic E-state index is 11.1. The molecule has 0 radical (unpaired) electrons. The van der Waals surface area contributed by atoms with Gasteiger partial charge in [0.2, 0.25) is 0 Å². The first-order chi connectivity index (χ1) is 10.4. The minimum absolute atomic E-state index is 0. The molecule has 9 heteroatoms. The molecular weight excluding hydrogens is 431 g/mol. The molecule has 0 aromatic carbocycles. The van der Waals surface area contributed by atoms with Crippen molar-refractivity contribution in [1.29, 1.82) is 0 Å². The largest absolute Gasteiger partial charge is 0.361 e. The molecule has 1 rings (SSSR count). The Morgan fingerprint density at radius 2 is 1.96 bits per heavy atom.